The predicted molar refractivity (Wildman–Crippen MR) is 60.7 cm³/mol. The third-order valence-electron chi connectivity index (χ3n) is 2.84. The molecule has 0 bridgehead atoms. The highest BCUT2D eigenvalue weighted by Gasteiger charge is 2.32. The Morgan fingerprint density at radius 2 is 2.31 bits per heavy atom. The van der Waals surface area contributed by atoms with Gasteiger partial charge in [0.15, 0.2) is 0 Å². The van der Waals surface area contributed by atoms with Crippen LogP contribution in [0.4, 0.5) is 0 Å². The molecule has 1 heterocycles. The summed E-state index contributed by atoms with van der Waals surface area (Å²) in [6.45, 7) is 6.20. The molecule has 92 valence electrons. The van der Waals surface area contributed by atoms with Gasteiger partial charge in [-0.3, -0.25) is 14.5 Å². The summed E-state index contributed by atoms with van der Waals surface area (Å²) in [6.07, 6.45) is 0. The lowest BCUT2D eigenvalue weighted by Gasteiger charge is -2.37. The quantitative estimate of drug-likeness (QED) is 0.533. The van der Waals surface area contributed by atoms with Crippen LogP contribution in [0.3, 0.4) is 0 Å². The summed E-state index contributed by atoms with van der Waals surface area (Å²) in [5, 5.41) is 5.85. The van der Waals surface area contributed by atoms with Gasteiger partial charge in [0, 0.05) is 26.2 Å². The van der Waals surface area contributed by atoms with E-state index in [0.717, 1.165) is 6.54 Å². The summed E-state index contributed by atoms with van der Waals surface area (Å²) in [5.41, 5.74) is 5.32. The molecule has 0 aromatic heterocycles. The molecular weight excluding hydrogens is 208 g/mol. The number of primary amides is 1. The number of likely N-dealkylation sites (N-methyl/N-ethyl adjacent to an activating group) is 1. The first-order valence-electron chi connectivity index (χ1n) is 5.61. The minimum absolute atomic E-state index is 0.0596. The second-order valence-electron chi connectivity index (χ2n) is 3.93. The Bertz CT molecular complexity index is 270. The van der Waals surface area contributed by atoms with Gasteiger partial charge in [0.1, 0.15) is 6.04 Å². The minimum Gasteiger partial charge on any atom is -0.368 e. The van der Waals surface area contributed by atoms with Crippen molar-refractivity contribution in [1.82, 2.24) is 15.5 Å². The molecule has 0 saturated carbocycles. The van der Waals surface area contributed by atoms with E-state index in [1.54, 1.807) is 6.92 Å². The molecule has 2 atom stereocenters. The summed E-state index contributed by atoms with van der Waals surface area (Å²) >= 11 is 0. The van der Waals surface area contributed by atoms with Crippen LogP contribution in [-0.2, 0) is 9.59 Å². The maximum absolute atomic E-state index is 11.7. The van der Waals surface area contributed by atoms with Gasteiger partial charge >= 0.3 is 0 Å². The summed E-state index contributed by atoms with van der Waals surface area (Å²) in [4.78, 5) is 24.8. The molecule has 1 fully saturated rings. The Kier molecular flexibility index (Phi) is 4.70. The zero-order valence-corrected chi connectivity index (χ0v) is 9.82. The summed E-state index contributed by atoms with van der Waals surface area (Å²) < 4.78 is 0. The van der Waals surface area contributed by atoms with Gasteiger partial charge in [-0.05, 0) is 13.8 Å². The fourth-order valence-electron chi connectivity index (χ4n) is 1.92. The molecule has 2 amide bonds. The van der Waals surface area contributed by atoms with E-state index < -0.39 is 6.04 Å². The number of amides is 2. The Labute approximate surface area is 95.5 Å². The van der Waals surface area contributed by atoms with Crippen molar-refractivity contribution in [3.8, 4) is 0 Å². The van der Waals surface area contributed by atoms with Crippen LogP contribution in [-0.4, -0.2) is 55.0 Å². The highest BCUT2D eigenvalue weighted by molar-refractivity contribution is 5.84. The molecule has 0 aromatic carbocycles. The van der Waals surface area contributed by atoms with E-state index in [4.69, 9.17) is 5.73 Å². The van der Waals surface area contributed by atoms with Gasteiger partial charge < -0.3 is 16.4 Å². The maximum atomic E-state index is 11.7. The smallest absolute Gasteiger partial charge is 0.237 e. The van der Waals surface area contributed by atoms with E-state index in [-0.39, 0.29) is 17.9 Å². The highest BCUT2D eigenvalue weighted by atomic mass is 16.2. The second-order valence-corrected chi connectivity index (χ2v) is 3.93. The maximum Gasteiger partial charge on any atom is 0.237 e. The number of hydrogen-bond donors (Lipinski definition) is 3. The first kappa shape index (κ1) is 12.9. The first-order chi connectivity index (χ1) is 7.57. The average molecular weight is 228 g/mol. The van der Waals surface area contributed by atoms with Gasteiger partial charge in [0.05, 0.1) is 6.04 Å². The highest BCUT2D eigenvalue weighted by Crippen LogP contribution is 2.08. The third kappa shape index (κ3) is 2.93. The average Bonchev–Trinajstić information content (AvgIpc) is 2.28. The normalized spacial score (nSPS) is 23.8. The molecule has 0 aromatic rings. The van der Waals surface area contributed by atoms with Crippen LogP contribution in [0.2, 0.25) is 0 Å². The summed E-state index contributed by atoms with van der Waals surface area (Å²) in [6, 6.07) is -0.717. The predicted octanol–water partition coefficient (Wildman–Crippen LogP) is -1.73. The molecule has 0 spiro atoms. The van der Waals surface area contributed by atoms with Crippen molar-refractivity contribution in [2.45, 2.75) is 25.9 Å². The van der Waals surface area contributed by atoms with Crippen molar-refractivity contribution in [1.29, 1.82) is 0 Å². The number of carbonyl (C=O) groups is 2. The summed E-state index contributed by atoms with van der Waals surface area (Å²) in [7, 11) is 0. The minimum atomic E-state index is -0.397. The zero-order valence-electron chi connectivity index (χ0n) is 9.82. The SMILES string of the molecule is CCNC(=O)C(C)N1CCNCC1C(N)=O. The van der Waals surface area contributed by atoms with Gasteiger partial charge in [0.2, 0.25) is 11.8 Å². The second kappa shape index (κ2) is 5.81. The van der Waals surface area contributed by atoms with Crippen molar-refractivity contribution < 1.29 is 9.59 Å². The molecule has 2 unspecified atom stereocenters. The van der Waals surface area contributed by atoms with E-state index in [2.05, 4.69) is 10.6 Å². The van der Waals surface area contributed by atoms with Crippen molar-refractivity contribution in [2.75, 3.05) is 26.2 Å². The zero-order chi connectivity index (χ0) is 12.1. The van der Waals surface area contributed by atoms with E-state index in [1.807, 2.05) is 11.8 Å². The van der Waals surface area contributed by atoms with Crippen molar-refractivity contribution >= 4 is 11.8 Å². The number of rotatable bonds is 4. The van der Waals surface area contributed by atoms with Crippen LogP contribution in [0.15, 0.2) is 0 Å². The van der Waals surface area contributed by atoms with Crippen molar-refractivity contribution in [3.05, 3.63) is 0 Å². The molecule has 16 heavy (non-hydrogen) atoms. The molecule has 6 nitrogen and oxygen atoms in total. The monoisotopic (exact) mass is 228 g/mol. The number of hydrogen-bond acceptors (Lipinski definition) is 4. The largest absolute Gasteiger partial charge is 0.368 e. The standard InChI is InChI=1S/C10H20N4O2/c1-3-13-10(16)7(2)14-5-4-12-6-8(14)9(11)15/h7-8,12H,3-6H2,1-2H3,(H2,11,15)(H,13,16). The van der Waals surface area contributed by atoms with Crippen LogP contribution >= 0.6 is 0 Å². The molecule has 6 heteroatoms. The molecular formula is C10H20N4O2. The van der Waals surface area contributed by atoms with Crippen LogP contribution < -0.4 is 16.4 Å². The number of nitrogens with two attached hydrogens (primary N) is 1. The lowest BCUT2D eigenvalue weighted by Crippen LogP contribution is -2.62. The molecule has 1 saturated heterocycles. The van der Waals surface area contributed by atoms with E-state index >= 15 is 0 Å². The fraction of sp³-hybridized carbons (Fsp3) is 0.800. The van der Waals surface area contributed by atoms with Crippen LogP contribution in [0.1, 0.15) is 13.8 Å². The molecule has 0 radical (unpaired) electrons. The van der Waals surface area contributed by atoms with Crippen molar-refractivity contribution in [2.24, 2.45) is 5.73 Å². The van der Waals surface area contributed by atoms with Gasteiger partial charge in [-0.2, -0.15) is 0 Å². The van der Waals surface area contributed by atoms with E-state index in [9.17, 15) is 9.59 Å². The Morgan fingerprint density at radius 3 is 2.88 bits per heavy atom. The van der Waals surface area contributed by atoms with Gasteiger partial charge in [0.25, 0.3) is 0 Å². The molecule has 1 aliphatic heterocycles. The third-order valence-corrected chi connectivity index (χ3v) is 2.84. The Hall–Kier alpha value is -1.14. The van der Waals surface area contributed by atoms with E-state index in [1.165, 1.54) is 0 Å². The summed E-state index contributed by atoms with van der Waals surface area (Å²) in [5.74, 6) is -0.445. The van der Waals surface area contributed by atoms with Crippen LogP contribution in [0.25, 0.3) is 0 Å². The van der Waals surface area contributed by atoms with Gasteiger partial charge in [-0.15, -0.1) is 0 Å². The van der Waals surface area contributed by atoms with Crippen molar-refractivity contribution in [3.63, 3.8) is 0 Å². The number of nitrogens with zero attached hydrogens (tertiary/aromatic N) is 1. The fourth-order valence-corrected chi connectivity index (χ4v) is 1.92. The van der Waals surface area contributed by atoms with Gasteiger partial charge in [-0.25, -0.2) is 0 Å². The van der Waals surface area contributed by atoms with Gasteiger partial charge in [-0.1, -0.05) is 0 Å². The lowest BCUT2D eigenvalue weighted by atomic mass is 10.1. The Morgan fingerprint density at radius 1 is 1.62 bits per heavy atom. The molecule has 1 rings (SSSR count). The number of piperazine rings is 1. The first-order valence-corrected chi connectivity index (χ1v) is 5.61. The molecule has 1 aliphatic rings. The topological polar surface area (TPSA) is 87.5 Å². The van der Waals surface area contributed by atoms with E-state index in [0.29, 0.717) is 19.6 Å². The number of carbonyl (C=O) groups excluding carboxylic acids is 2. The molecule has 0 aliphatic carbocycles. The molecule has 4 N–H and O–H groups in total. The number of nitrogens with one attached hydrogen (secondary N) is 2. The van der Waals surface area contributed by atoms with Crippen LogP contribution in [0.5, 0.6) is 0 Å². The van der Waals surface area contributed by atoms with Crippen LogP contribution in [0, 0.1) is 0 Å². The Balaban J connectivity index is 2.67. The lowest BCUT2D eigenvalue weighted by molar-refractivity contribution is -0.131.